The lowest BCUT2D eigenvalue weighted by Gasteiger charge is -2.25. The molecule has 0 aromatic rings. The van der Waals surface area contributed by atoms with Crippen molar-refractivity contribution in [1.29, 1.82) is 5.26 Å². The van der Waals surface area contributed by atoms with Crippen LogP contribution in [0.15, 0.2) is 0 Å². The van der Waals surface area contributed by atoms with E-state index in [1.54, 1.807) is 4.90 Å². The minimum atomic E-state index is -0.806. The third-order valence-electron chi connectivity index (χ3n) is 3.65. The van der Waals surface area contributed by atoms with E-state index in [9.17, 15) is 15.2 Å². The number of carbonyl (C=O) groups is 1. The molecule has 0 bridgehead atoms. The fourth-order valence-corrected chi connectivity index (χ4v) is 2.64. The van der Waals surface area contributed by atoms with E-state index >= 15 is 0 Å². The topological polar surface area (TPSA) is 96.6 Å². The maximum absolute atomic E-state index is 12.1. The molecule has 1 heterocycles. The fraction of sp³-hybridized carbons (Fsp3) is 0.857. The van der Waals surface area contributed by atoms with E-state index in [1.165, 1.54) is 0 Å². The molecule has 0 aliphatic carbocycles. The molecule has 1 aliphatic heterocycles. The summed E-state index contributed by atoms with van der Waals surface area (Å²) in [5.41, 5.74) is 0. The minimum Gasteiger partial charge on any atom is -0.394 e. The monoisotopic (exact) mass is 283 g/mol. The average molecular weight is 283 g/mol. The van der Waals surface area contributed by atoms with Gasteiger partial charge in [-0.05, 0) is 31.6 Å². The Kier molecular flexibility index (Phi) is 6.76. The van der Waals surface area contributed by atoms with Crippen molar-refractivity contribution in [1.82, 2.24) is 10.2 Å². The summed E-state index contributed by atoms with van der Waals surface area (Å²) < 4.78 is 0. The molecule has 6 nitrogen and oxygen atoms in total. The van der Waals surface area contributed by atoms with Crippen molar-refractivity contribution in [2.75, 3.05) is 13.2 Å². The van der Waals surface area contributed by atoms with Crippen LogP contribution in [0.25, 0.3) is 0 Å². The highest BCUT2D eigenvalue weighted by Gasteiger charge is 2.37. The van der Waals surface area contributed by atoms with Gasteiger partial charge in [-0.2, -0.15) is 5.26 Å². The summed E-state index contributed by atoms with van der Waals surface area (Å²) >= 11 is 0. The van der Waals surface area contributed by atoms with Crippen molar-refractivity contribution in [2.24, 2.45) is 5.92 Å². The van der Waals surface area contributed by atoms with Crippen LogP contribution >= 0.6 is 0 Å². The Morgan fingerprint density at radius 2 is 2.20 bits per heavy atom. The summed E-state index contributed by atoms with van der Waals surface area (Å²) in [5.74, 6) is 0.334. The summed E-state index contributed by atoms with van der Waals surface area (Å²) in [5, 5.41) is 29.9. The maximum Gasteiger partial charge on any atom is 0.243 e. The lowest BCUT2D eigenvalue weighted by atomic mass is 10.0. The van der Waals surface area contributed by atoms with Crippen LogP contribution in [0, 0.1) is 17.4 Å². The number of nitrogens with one attached hydrogen (secondary N) is 1. The molecule has 1 amide bonds. The molecule has 0 saturated carbocycles. The smallest absolute Gasteiger partial charge is 0.243 e. The molecule has 3 N–H and O–H groups in total. The van der Waals surface area contributed by atoms with Crippen LogP contribution in [0.4, 0.5) is 0 Å². The number of rotatable bonds is 7. The summed E-state index contributed by atoms with van der Waals surface area (Å²) in [4.78, 5) is 13.7. The predicted octanol–water partition coefficient (Wildman–Crippen LogP) is 0.206. The average Bonchev–Trinajstić information content (AvgIpc) is 2.80. The van der Waals surface area contributed by atoms with Gasteiger partial charge < -0.3 is 15.5 Å². The Hall–Kier alpha value is -1.32. The molecular weight excluding hydrogens is 258 g/mol. The third kappa shape index (κ3) is 4.66. The van der Waals surface area contributed by atoms with Gasteiger partial charge in [0.05, 0.1) is 12.7 Å². The highest BCUT2D eigenvalue weighted by molar-refractivity contribution is 5.82. The zero-order valence-corrected chi connectivity index (χ0v) is 12.2. The molecule has 1 saturated heterocycles. The van der Waals surface area contributed by atoms with E-state index in [0.717, 1.165) is 12.8 Å². The van der Waals surface area contributed by atoms with Crippen molar-refractivity contribution in [3.8, 4) is 6.19 Å². The first kappa shape index (κ1) is 16.7. The van der Waals surface area contributed by atoms with Crippen LogP contribution < -0.4 is 5.32 Å². The number of aliphatic hydroxyl groups excluding tert-OH is 2. The predicted molar refractivity (Wildman–Crippen MR) is 74.4 cm³/mol. The summed E-state index contributed by atoms with van der Waals surface area (Å²) in [6.07, 6.45) is 4.13. The fourth-order valence-electron chi connectivity index (χ4n) is 2.64. The molecule has 0 aromatic carbocycles. The van der Waals surface area contributed by atoms with Gasteiger partial charge in [0, 0.05) is 12.6 Å². The Labute approximate surface area is 120 Å². The van der Waals surface area contributed by atoms with Crippen LogP contribution in [0.3, 0.4) is 0 Å². The Balaban J connectivity index is 2.46. The van der Waals surface area contributed by atoms with Gasteiger partial charge >= 0.3 is 0 Å². The van der Waals surface area contributed by atoms with Crippen molar-refractivity contribution < 1.29 is 15.0 Å². The van der Waals surface area contributed by atoms with E-state index in [0.29, 0.717) is 25.3 Å². The van der Waals surface area contributed by atoms with E-state index in [4.69, 9.17) is 5.11 Å². The molecule has 114 valence electrons. The molecule has 2 unspecified atom stereocenters. The quantitative estimate of drug-likeness (QED) is 0.580. The lowest BCUT2D eigenvalue weighted by Crippen LogP contribution is -2.44. The van der Waals surface area contributed by atoms with E-state index in [-0.39, 0.29) is 18.6 Å². The molecule has 3 atom stereocenters. The summed E-state index contributed by atoms with van der Waals surface area (Å²) in [6.45, 7) is 4.23. The highest BCUT2D eigenvalue weighted by Crippen LogP contribution is 2.27. The second kappa shape index (κ2) is 8.08. The van der Waals surface area contributed by atoms with Crippen LogP contribution in [0.5, 0.6) is 0 Å². The molecule has 1 rings (SSSR count). The molecule has 20 heavy (non-hydrogen) atoms. The number of likely N-dealkylation sites (tertiary alicyclic amines) is 1. The lowest BCUT2D eigenvalue weighted by molar-refractivity contribution is -0.125. The Bertz CT molecular complexity index is 354. The number of hydrogen-bond donors (Lipinski definition) is 3. The first-order valence-electron chi connectivity index (χ1n) is 7.24. The molecule has 1 aliphatic rings. The second-order valence-electron chi connectivity index (χ2n) is 5.80. The number of carbonyl (C=O) groups excluding carboxylic acids is 1. The molecule has 0 spiro atoms. The maximum atomic E-state index is 12.1. The largest absolute Gasteiger partial charge is 0.394 e. The molecule has 0 radical (unpaired) electrons. The van der Waals surface area contributed by atoms with Gasteiger partial charge in [0.2, 0.25) is 5.91 Å². The van der Waals surface area contributed by atoms with Crippen molar-refractivity contribution >= 4 is 5.91 Å². The number of amides is 1. The number of nitriles is 1. The van der Waals surface area contributed by atoms with Crippen molar-refractivity contribution in [3.05, 3.63) is 0 Å². The van der Waals surface area contributed by atoms with Gasteiger partial charge in [-0.3, -0.25) is 9.69 Å². The van der Waals surface area contributed by atoms with E-state index in [2.05, 4.69) is 25.4 Å². The molecule has 1 fully saturated rings. The standard InChI is InChI=1S/C14H25N3O3/c1-10(2)7-11-3-4-13(17(11)9-15)14(20)16-6-5-12(19)8-18/h10-13,18-19H,3-8H2,1-2H3,(H,16,20)/t11?,12-,13?/m0/s1. The van der Waals surface area contributed by atoms with E-state index < -0.39 is 12.1 Å². The zero-order valence-electron chi connectivity index (χ0n) is 12.2. The summed E-state index contributed by atoms with van der Waals surface area (Å²) in [7, 11) is 0. The second-order valence-corrected chi connectivity index (χ2v) is 5.80. The first-order valence-corrected chi connectivity index (χ1v) is 7.24. The van der Waals surface area contributed by atoms with E-state index in [1.807, 2.05) is 0 Å². The minimum absolute atomic E-state index is 0.152. The molecule has 6 heteroatoms. The van der Waals surface area contributed by atoms with Gasteiger partial charge in [-0.1, -0.05) is 13.8 Å². The Morgan fingerprint density at radius 1 is 1.50 bits per heavy atom. The molecular formula is C14H25N3O3. The van der Waals surface area contributed by atoms with Crippen molar-refractivity contribution in [2.45, 2.75) is 57.7 Å². The Morgan fingerprint density at radius 3 is 2.75 bits per heavy atom. The SMILES string of the molecule is CC(C)CC1CCC(C(=O)NCC[C@H](O)CO)N1C#N. The van der Waals surface area contributed by atoms with Gasteiger partial charge in [-0.25, -0.2) is 0 Å². The van der Waals surface area contributed by atoms with Crippen molar-refractivity contribution in [3.63, 3.8) is 0 Å². The van der Waals surface area contributed by atoms with Gasteiger partial charge in [-0.15, -0.1) is 0 Å². The molecule has 0 aromatic heterocycles. The first-order chi connectivity index (χ1) is 9.49. The highest BCUT2D eigenvalue weighted by atomic mass is 16.3. The van der Waals surface area contributed by atoms with Crippen LogP contribution in [0.1, 0.15) is 39.5 Å². The third-order valence-corrected chi connectivity index (χ3v) is 3.65. The van der Waals surface area contributed by atoms with Gasteiger partial charge in [0.25, 0.3) is 0 Å². The summed E-state index contributed by atoms with van der Waals surface area (Å²) in [6, 6.07) is -0.242. The van der Waals surface area contributed by atoms with Crippen LogP contribution in [-0.4, -0.2) is 52.4 Å². The normalized spacial score (nSPS) is 23.7. The number of aliphatic hydroxyl groups is 2. The zero-order chi connectivity index (χ0) is 15.1. The number of hydrogen-bond acceptors (Lipinski definition) is 5. The number of nitrogens with zero attached hydrogens (tertiary/aromatic N) is 2. The van der Waals surface area contributed by atoms with Crippen LogP contribution in [-0.2, 0) is 4.79 Å². The van der Waals surface area contributed by atoms with Gasteiger partial charge in [0.1, 0.15) is 6.04 Å². The van der Waals surface area contributed by atoms with Crippen LogP contribution in [0.2, 0.25) is 0 Å². The van der Waals surface area contributed by atoms with Gasteiger partial charge in [0.15, 0.2) is 6.19 Å².